The summed E-state index contributed by atoms with van der Waals surface area (Å²) in [5.41, 5.74) is 8.12. The lowest BCUT2D eigenvalue weighted by Crippen LogP contribution is -2.60. The molecule has 0 bridgehead atoms. The normalized spacial score (nSPS) is 24.2. The number of hydrogen-bond acceptors (Lipinski definition) is 10. The molecule has 1 fully saturated rings. The molecular weight excluding hydrogens is 470 g/mol. The van der Waals surface area contributed by atoms with E-state index in [9.17, 15) is 25.5 Å². The summed E-state index contributed by atoms with van der Waals surface area (Å²) < 4.78 is 18.7. The van der Waals surface area contributed by atoms with Crippen LogP contribution in [0.1, 0.15) is 17.5 Å². The predicted octanol–water partition coefficient (Wildman–Crippen LogP) is -0.474. The fraction of sp³-hybridized carbons (Fsp3) is 0.480. The number of hydrogen-bond donors (Lipinski definition) is 6. The van der Waals surface area contributed by atoms with Gasteiger partial charge in [0.05, 0.1) is 37.3 Å². The Bertz CT molecular complexity index is 1120. The molecule has 5 atom stereocenters. The second-order valence-electron chi connectivity index (χ2n) is 8.69. The molecular formula is C25H33N3O8. The maximum atomic E-state index is 10.4. The molecule has 0 amide bonds. The van der Waals surface area contributed by atoms with Gasteiger partial charge in [0, 0.05) is 0 Å². The average molecular weight is 504 g/mol. The Labute approximate surface area is 208 Å². The molecule has 36 heavy (non-hydrogen) atoms. The monoisotopic (exact) mass is 503 g/mol. The van der Waals surface area contributed by atoms with Gasteiger partial charge in [-0.2, -0.15) is 0 Å². The lowest BCUT2D eigenvalue weighted by atomic mass is 9.99. The summed E-state index contributed by atoms with van der Waals surface area (Å²) in [6.45, 7) is 0.623. The highest BCUT2D eigenvalue weighted by molar-refractivity contribution is 5.88. The van der Waals surface area contributed by atoms with Crippen molar-refractivity contribution in [1.29, 1.82) is 0 Å². The minimum Gasteiger partial charge on any atom is -0.494 e. The molecule has 0 saturated carbocycles. The Morgan fingerprint density at radius 1 is 1.00 bits per heavy atom. The third-order valence-electron chi connectivity index (χ3n) is 6.16. The van der Waals surface area contributed by atoms with Crippen molar-refractivity contribution in [3.8, 4) is 11.6 Å². The second kappa shape index (κ2) is 12.0. The van der Waals surface area contributed by atoms with Crippen molar-refractivity contribution in [2.75, 3.05) is 26.4 Å². The molecule has 196 valence electrons. The number of aliphatic hydroxyl groups is 5. The van der Waals surface area contributed by atoms with Gasteiger partial charge in [0.2, 0.25) is 12.2 Å². The van der Waals surface area contributed by atoms with Gasteiger partial charge < -0.3 is 45.5 Å². The van der Waals surface area contributed by atoms with E-state index in [0.29, 0.717) is 30.5 Å². The van der Waals surface area contributed by atoms with E-state index in [1.54, 1.807) is 4.68 Å². The molecule has 1 aliphatic heterocycles. The van der Waals surface area contributed by atoms with Crippen LogP contribution in [0.5, 0.6) is 11.6 Å². The number of aliphatic hydroxyl groups excluding tert-OH is 5. The number of nitrogens with zero attached hydrogens (tertiary/aromatic N) is 2. The van der Waals surface area contributed by atoms with Crippen molar-refractivity contribution >= 4 is 10.9 Å². The fourth-order valence-electron chi connectivity index (χ4n) is 4.23. The molecule has 1 saturated heterocycles. The molecule has 11 heteroatoms. The van der Waals surface area contributed by atoms with E-state index >= 15 is 0 Å². The van der Waals surface area contributed by atoms with E-state index in [-0.39, 0.29) is 19.0 Å². The standard InChI is InChI=1S/C25H33N3O8/c26-9-2-12-34-17-7-5-15(6-8-17)13-16-3-1-4-18-20(16)24(27-28(18)10-11-29)36-25-23(33)22(32)21(31)19(14-30)35-25/h1,3-8,19,21-23,25,29-33H,2,9-14,26H2/t19-,21-,22+,23-,25+/m1/s1. The van der Waals surface area contributed by atoms with E-state index in [1.165, 1.54) is 0 Å². The molecule has 3 aromatic rings. The van der Waals surface area contributed by atoms with Gasteiger partial charge in [-0.1, -0.05) is 24.3 Å². The molecule has 0 radical (unpaired) electrons. The summed E-state index contributed by atoms with van der Waals surface area (Å²) in [6, 6.07) is 13.4. The van der Waals surface area contributed by atoms with Crippen LogP contribution in [0, 0.1) is 0 Å². The molecule has 0 spiro atoms. The second-order valence-corrected chi connectivity index (χ2v) is 8.69. The van der Waals surface area contributed by atoms with Crippen molar-refractivity contribution in [2.24, 2.45) is 5.73 Å². The van der Waals surface area contributed by atoms with Gasteiger partial charge >= 0.3 is 0 Å². The van der Waals surface area contributed by atoms with Crippen molar-refractivity contribution in [1.82, 2.24) is 9.78 Å². The van der Waals surface area contributed by atoms with Crippen LogP contribution in [0.4, 0.5) is 0 Å². The van der Waals surface area contributed by atoms with Crippen molar-refractivity contribution in [3.05, 3.63) is 53.6 Å². The van der Waals surface area contributed by atoms with Crippen LogP contribution >= 0.6 is 0 Å². The van der Waals surface area contributed by atoms with Crippen LogP contribution in [0.15, 0.2) is 42.5 Å². The number of nitrogens with two attached hydrogens (primary N) is 1. The Hall–Kier alpha value is -2.77. The Morgan fingerprint density at radius 2 is 1.78 bits per heavy atom. The lowest BCUT2D eigenvalue weighted by molar-refractivity contribution is -0.278. The number of benzene rings is 2. The lowest BCUT2D eigenvalue weighted by Gasteiger charge is -2.39. The average Bonchev–Trinajstić information content (AvgIpc) is 3.23. The molecule has 1 aliphatic rings. The van der Waals surface area contributed by atoms with E-state index in [4.69, 9.17) is 19.9 Å². The van der Waals surface area contributed by atoms with Crippen molar-refractivity contribution in [2.45, 2.75) is 50.1 Å². The Morgan fingerprint density at radius 3 is 2.47 bits per heavy atom. The van der Waals surface area contributed by atoms with Gasteiger partial charge in [0.15, 0.2) is 0 Å². The summed E-state index contributed by atoms with van der Waals surface area (Å²) in [7, 11) is 0. The molecule has 2 aromatic carbocycles. The van der Waals surface area contributed by atoms with E-state index < -0.39 is 37.3 Å². The van der Waals surface area contributed by atoms with Crippen LogP contribution in [-0.2, 0) is 17.7 Å². The first-order valence-corrected chi connectivity index (χ1v) is 11.9. The molecule has 4 rings (SSSR count). The highest BCUT2D eigenvalue weighted by Crippen LogP contribution is 2.33. The quantitative estimate of drug-likeness (QED) is 0.188. The van der Waals surface area contributed by atoms with Crippen LogP contribution < -0.4 is 15.2 Å². The Kier molecular flexibility index (Phi) is 8.75. The molecule has 2 heterocycles. The van der Waals surface area contributed by atoms with Gasteiger partial charge in [-0.25, -0.2) is 0 Å². The zero-order valence-corrected chi connectivity index (χ0v) is 19.8. The Balaban J connectivity index is 1.63. The van der Waals surface area contributed by atoms with Crippen molar-refractivity contribution < 1.29 is 39.7 Å². The van der Waals surface area contributed by atoms with Gasteiger partial charge in [-0.05, 0) is 48.7 Å². The largest absolute Gasteiger partial charge is 0.494 e. The summed E-state index contributed by atoms with van der Waals surface area (Å²) in [5, 5.41) is 54.8. The molecule has 0 unspecified atom stereocenters. The van der Waals surface area contributed by atoms with Crippen molar-refractivity contribution in [3.63, 3.8) is 0 Å². The van der Waals surface area contributed by atoms with E-state index in [2.05, 4.69) is 5.10 Å². The van der Waals surface area contributed by atoms with E-state index in [1.807, 2.05) is 42.5 Å². The van der Waals surface area contributed by atoms with Gasteiger partial charge in [-0.15, -0.1) is 5.10 Å². The highest BCUT2D eigenvalue weighted by Gasteiger charge is 2.45. The maximum Gasteiger partial charge on any atom is 0.243 e. The van der Waals surface area contributed by atoms with Crippen LogP contribution in [0.25, 0.3) is 10.9 Å². The summed E-state index contributed by atoms with van der Waals surface area (Å²) in [6.07, 6.45) is -5.80. The summed E-state index contributed by atoms with van der Waals surface area (Å²) in [4.78, 5) is 0. The fourth-order valence-corrected chi connectivity index (χ4v) is 4.23. The molecule has 1 aromatic heterocycles. The number of rotatable bonds is 11. The summed E-state index contributed by atoms with van der Waals surface area (Å²) >= 11 is 0. The maximum absolute atomic E-state index is 10.4. The van der Waals surface area contributed by atoms with Crippen LogP contribution in [-0.4, -0.2) is 92.4 Å². The summed E-state index contributed by atoms with van der Waals surface area (Å²) in [5.74, 6) is 0.896. The van der Waals surface area contributed by atoms with Gasteiger partial charge in [-0.3, -0.25) is 4.68 Å². The molecule has 0 aliphatic carbocycles. The number of ether oxygens (including phenoxy) is 3. The van der Waals surface area contributed by atoms with Gasteiger partial charge in [0.1, 0.15) is 30.2 Å². The smallest absolute Gasteiger partial charge is 0.243 e. The van der Waals surface area contributed by atoms with Crippen LogP contribution in [0.2, 0.25) is 0 Å². The van der Waals surface area contributed by atoms with E-state index in [0.717, 1.165) is 23.3 Å². The highest BCUT2D eigenvalue weighted by atomic mass is 16.7. The predicted molar refractivity (Wildman–Crippen MR) is 130 cm³/mol. The number of aromatic nitrogens is 2. The molecule has 11 nitrogen and oxygen atoms in total. The minimum atomic E-state index is -1.57. The molecule has 7 N–H and O–H groups in total. The first-order chi connectivity index (χ1) is 17.5. The SMILES string of the molecule is NCCCOc1ccc(Cc2cccc3c2c(O[C@@H]2O[C@H](CO)[C@@H](O)[C@H](O)[C@H]2O)nn3CCO)cc1. The van der Waals surface area contributed by atoms with Crippen LogP contribution in [0.3, 0.4) is 0 Å². The third-order valence-corrected chi connectivity index (χ3v) is 6.16. The first kappa shape index (κ1) is 26.3. The minimum absolute atomic E-state index is 0.139. The van der Waals surface area contributed by atoms with Gasteiger partial charge in [0.25, 0.3) is 0 Å². The zero-order chi connectivity index (χ0) is 25.7. The zero-order valence-electron chi connectivity index (χ0n) is 19.8. The third kappa shape index (κ3) is 5.62. The number of fused-ring (bicyclic) bond motifs is 1. The topological polar surface area (TPSA) is 173 Å². The first-order valence-electron chi connectivity index (χ1n) is 11.9.